The van der Waals surface area contributed by atoms with E-state index in [1.807, 2.05) is 13.8 Å². The number of hydrogen-bond acceptors (Lipinski definition) is 3. The molecule has 6 heteroatoms. The molecule has 0 rings (SSSR count). The Morgan fingerprint density at radius 1 is 1.26 bits per heavy atom. The van der Waals surface area contributed by atoms with Crippen LogP contribution in [0.2, 0.25) is 0 Å². The Hall–Kier alpha value is -1.30. The van der Waals surface area contributed by atoms with Crippen LogP contribution in [-0.2, 0) is 9.53 Å². The van der Waals surface area contributed by atoms with Crippen LogP contribution < -0.4 is 5.32 Å². The lowest BCUT2D eigenvalue weighted by atomic mass is 10.1. The summed E-state index contributed by atoms with van der Waals surface area (Å²) in [7, 11) is 1.57. The van der Waals surface area contributed by atoms with Gasteiger partial charge in [-0.05, 0) is 25.7 Å². The van der Waals surface area contributed by atoms with Gasteiger partial charge in [0.1, 0.15) is 6.04 Å². The first-order valence-electron chi connectivity index (χ1n) is 6.83. The van der Waals surface area contributed by atoms with E-state index in [1.165, 1.54) is 0 Å². The van der Waals surface area contributed by atoms with Gasteiger partial charge in [0.2, 0.25) is 0 Å². The van der Waals surface area contributed by atoms with Gasteiger partial charge < -0.3 is 20.1 Å². The number of hydrogen-bond donors (Lipinski definition) is 2. The number of carboxylic acids is 1. The Morgan fingerprint density at radius 2 is 1.84 bits per heavy atom. The summed E-state index contributed by atoms with van der Waals surface area (Å²) in [6.07, 6.45) is 2.69. The van der Waals surface area contributed by atoms with Gasteiger partial charge in [0.25, 0.3) is 0 Å². The minimum absolute atomic E-state index is 0.298. The number of carbonyl (C=O) groups excluding carboxylic acids is 1. The number of nitrogens with one attached hydrogen (secondary N) is 1. The molecule has 0 spiro atoms. The zero-order valence-electron chi connectivity index (χ0n) is 12.1. The van der Waals surface area contributed by atoms with Crippen molar-refractivity contribution in [1.82, 2.24) is 10.2 Å². The molecule has 0 aliphatic heterocycles. The Labute approximate surface area is 115 Å². The van der Waals surface area contributed by atoms with Crippen LogP contribution >= 0.6 is 0 Å². The summed E-state index contributed by atoms with van der Waals surface area (Å²) in [6, 6.07) is -1.15. The van der Waals surface area contributed by atoms with Crippen LogP contribution in [-0.4, -0.2) is 54.9 Å². The quantitative estimate of drug-likeness (QED) is 0.594. The third-order valence-corrected chi connectivity index (χ3v) is 2.71. The largest absolute Gasteiger partial charge is 0.480 e. The van der Waals surface area contributed by atoms with Gasteiger partial charge in [-0.1, -0.05) is 13.8 Å². The average Bonchev–Trinajstić information content (AvgIpc) is 2.37. The van der Waals surface area contributed by atoms with E-state index < -0.39 is 12.0 Å². The highest BCUT2D eigenvalue weighted by atomic mass is 16.5. The van der Waals surface area contributed by atoms with Gasteiger partial charge in [0.05, 0.1) is 0 Å². The van der Waals surface area contributed by atoms with Gasteiger partial charge in [-0.2, -0.15) is 0 Å². The number of urea groups is 1. The Bertz CT molecular complexity index is 265. The highest BCUT2D eigenvalue weighted by molar-refractivity contribution is 5.82. The third-order valence-electron chi connectivity index (χ3n) is 2.71. The van der Waals surface area contributed by atoms with E-state index in [4.69, 9.17) is 9.84 Å². The second-order valence-corrected chi connectivity index (χ2v) is 4.46. The molecule has 1 atom stereocenters. The Morgan fingerprint density at radius 3 is 2.26 bits per heavy atom. The number of nitrogens with zero attached hydrogens (tertiary/aromatic N) is 1. The van der Waals surface area contributed by atoms with E-state index in [-0.39, 0.29) is 6.03 Å². The molecule has 0 bridgehead atoms. The van der Waals surface area contributed by atoms with Crippen LogP contribution in [0, 0.1) is 0 Å². The van der Waals surface area contributed by atoms with E-state index in [0.29, 0.717) is 32.5 Å². The van der Waals surface area contributed by atoms with Crippen molar-refractivity contribution >= 4 is 12.0 Å². The smallest absolute Gasteiger partial charge is 0.326 e. The molecule has 2 amide bonds. The summed E-state index contributed by atoms with van der Waals surface area (Å²) in [6.45, 7) is 5.76. The Kier molecular flexibility index (Phi) is 9.88. The molecule has 19 heavy (non-hydrogen) atoms. The normalized spacial score (nSPS) is 11.9. The first-order chi connectivity index (χ1) is 9.06. The summed E-state index contributed by atoms with van der Waals surface area (Å²) in [5.74, 6) is -1.00. The van der Waals surface area contributed by atoms with Gasteiger partial charge in [-0.3, -0.25) is 0 Å². The molecule has 2 N–H and O–H groups in total. The summed E-state index contributed by atoms with van der Waals surface area (Å²) in [5, 5.41) is 11.7. The van der Waals surface area contributed by atoms with E-state index in [0.717, 1.165) is 12.8 Å². The van der Waals surface area contributed by atoms with E-state index in [1.54, 1.807) is 12.0 Å². The fourth-order valence-corrected chi connectivity index (χ4v) is 1.78. The van der Waals surface area contributed by atoms with Gasteiger partial charge in [-0.25, -0.2) is 9.59 Å². The molecule has 1 unspecified atom stereocenters. The lowest BCUT2D eigenvalue weighted by molar-refractivity contribution is -0.139. The minimum Gasteiger partial charge on any atom is -0.480 e. The fourth-order valence-electron chi connectivity index (χ4n) is 1.78. The van der Waals surface area contributed by atoms with Gasteiger partial charge in [0.15, 0.2) is 0 Å². The standard InChI is InChI=1S/C13H26N2O4/c1-4-8-15(9-5-2)13(18)14-11(12(16)17)7-6-10-19-3/h11H,4-10H2,1-3H3,(H,14,18)(H,16,17). The van der Waals surface area contributed by atoms with Crippen molar-refractivity contribution in [2.75, 3.05) is 26.8 Å². The zero-order valence-corrected chi connectivity index (χ0v) is 12.1. The lowest BCUT2D eigenvalue weighted by Gasteiger charge is -2.24. The SMILES string of the molecule is CCCN(CCC)C(=O)NC(CCCOC)C(=O)O. The number of carboxylic acid groups (broad SMARTS) is 1. The van der Waals surface area contributed by atoms with Crippen LogP contribution in [0.5, 0.6) is 0 Å². The van der Waals surface area contributed by atoms with Crippen LogP contribution in [0.4, 0.5) is 4.79 Å². The maximum Gasteiger partial charge on any atom is 0.326 e. The molecular weight excluding hydrogens is 248 g/mol. The molecule has 0 aromatic rings. The molecule has 0 saturated carbocycles. The number of methoxy groups -OCH3 is 1. The summed E-state index contributed by atoms with van der Waals surface area (Å²) in [4.78, 5) is 24.7. The van der Waals surface area contributed by atoms with Crippen molar-refractivity contribution in [3.8, 4) is 0 Å². The predicted molar refractivity (Wildman–Crippen MR) is 73.2 cm³/mol. The van der Waals surface area contributed by atoms with E-state index >= 15 is 0 Å². The highest BCUT2D eigenvalue weighted by Gasteiger charge is 2.22. The number of carbonyl (C=O) groups is 2. The third kappa shape index (κ3) is 7.66. The van der Waals surface area contributed by atoms with Crippen LogP contribution in [0.15, 0.2) is 0 Å². The fraction of sp³-hybridized carbons (Fsp3) is 0.846. The molecule has 0 heterocycles. The molecule has 6 nitrogen and oxygen atoms in total. The summed E-state index contributed by atoms with van der Waals surface area (Å²) in [5.41, 5.74) is 0. The monoisotopic (exact) mass is 274 g/mol. The van der Waals surface area contributed by atoms with Gasteiger partial charge in [0, 0.05) is 26.8 Å². The molecule has 0 aromatic carbocycles. The summed E-state index contributed by atoms with van der Waals surface area (Å²) >= 11 is 0. The molecule has 0 aromatic heterocycles. The number of aliphatic carboxylic acids is 1. The molecule has 0 aliphatic carbocycles. The van der Waals surface area contributed by atoms with E-state index in [2.05, 4.69) is 5.32 Å². The number of rotatable bonds is 10. The van der Waals surface area contributed by atoms with Gasteiger partial charge >= 0.3 is 12.0 Å². The zero-order chi connectivity index (χ0) is 14.7. The second kappa shape index (κ2) is 10.6. The van der Waals surface area contributed by atoms with E-state index in [9.17, 15) is 9.59 Å². The Balaban J connectivity index is 4.37. The molecule has 0 saturated heterocycles. The molecular formula is C13H26N2O4. The topological polar surface area (TPSA) is 78.9 Å². The highest BCUT2D eigenvalue weighted by Crippen LogP contribution is 2.01. The van der Waals surface area contributed by atoms with Crippen LogP contribution in [0.25, 0.3) is 0 Å². The van der Waals surface area contributed by atoms with Gasteiger partial charge in [-0.15, -0.1) is 0 Å². The molecule has 0 aliphatic rings. The maximum absolute atomic E-state index is 12.0. The lowest BCUT2D eigenvalue weighted by Crippen LogP contribution is -2.48. The predicted octanol–water partition coefficient (Wildman–Crippen LogP) is 1.70. The van der Waals surface area contributed by atoms with Crippen molar-refractivity contribution in [2.45, 2.75) is 45.6 Å². The average molecular weight is 274 g/mol. The summed E-state index contributed by atoms with van der Waals surface area (Å²) < 4.78 is 4.89. The maximum atomic E-state index is 12.0. The second-order valence-electron chi connectivity index (χ2n) is 4.46. The molecule has 112 valence electrons. The minimum atomic E-state index is -1.00. The van der Waals surface area contributed by atoms with Crippen molar-refractivity contribution < 1.29 is 19.4 Å². The van der Waals surface area contributed by atoms with Crippen LogP contribution in [0.3, 0.4) is 0 Å². The molecule has 0 radical (unpaired) electrons. The number of ether oxygens (including phenoxy) is 1. The van der Waals surface area contributed by atoms with Crippen molar-refractivity contribution in [3.05, 3.63) is 0 Å². The van der Waals surface area contributed by atoms with Crippen LogP contribution in [0.1, 0.15) is 39.5 Å². The van der Waals surface area contributed by atoms with Crippen molar-refractivity contribution in [1.29, 1.82) is 0 Å². The first-order valence-corrected chi connectivity index (χ1v) is 6.83. The van der Waals surface area contributed by atoms with Crippen molar-refractivity contribution in [3.63, 3.8) is 0 Å². The number of amides is 2. The first kappa shape index (κ1) is 17.7. The van der Waals surface area contributed by atoms with Crippen molar-refractivity contribution in [2.24, 2.45) is 0 Å². The molecule has 0 fully saturated rings.